The van der Waals surface area contributed by atoms with Gasteiger partial charge in [0.2, 0.25) is 5.91 Å². The van der Waals surface area contributed by atoms with Crippen LogP contribution in [0.4, 0.5) is 17.1 Å². The van der Waals surface area contributed by atoms with E-state index in [0.29, 0.717) is 34.8 Å². The zero-order valence-corrected chi connectivity index (χ0v) is 32.4. The Bertz CT molecular complexity index is 2310. The molecule has 8 rings (SSSR count). The van der Waals surface area contributed by atoms with Gasteiger partial charge in [-0.15, -0.1) is 0 Å². The lowest BCUT2D eigenvalue weighted by Gasteiger charge is -2.32. The van der Waals surface area contributed by atoms with Crippen molar-refractivity contribution in [1.29, 1.82) is 0 Å². The highest BCUT2D eigenvalue weighted by Crippen LogP contribution is 2.60. The Morgan fingerprint density at radius 2 is 1.64 bits per heavy atom. The number of benzene rings is 5. The number of hydrogen-bond acceptors (Lipinski definition) is 7. The fourth-order valence-corrected chi connectivity index (χ4v) is 11.8. The molecule has 282 valence electrons. The average molecular weight is 756 g/mol. The summed E-state index contributed by atoms with van der Waals surface area (Å²) in [7, 11) is -1.50. The molecular formula is C44H45N3O7Si. The second-order valence-electron chi connectivity index (χ2n) is 15.4. The number of methoxy groups -OCH3 is 1. The van der Waals surface area contributed by atoms with Crippen LogP contribution in [0.1, 0.15) is 40.4 Å². The number of rotatable bonds is 11. The van der Waals surface area contributed by atoms with Crippen molar-refractivity contribution in [1.82, 2.24) is 4.90 Å². The van der Waals surface area contributed by atoms with Crippen molar-refractivity contribution >= 4 is 53.9 Å². The van der Waals surface area contributed by atoms with Gasteiger partial charge in [-0.1, -0.05) is 73.7 Å². The fourth-order valence-electron chi connectivity index (χ4n) is 9.21. The van der Waals surface area contributed by atoms with Gasteiger partial charge in [0.1, 0.15) is 5.75 Å². The molecule has 55 heavy (non-hydrogen) atoms. The molecule has 3 heterocycles. The summed E-state index contributed by atoms with van der Waals surface area (Å²) in [5.41, 5.74) is 3.24. The van der Waals surface area contributed by atoms with Gasteiger partial charge in [0.15, 0.2) is 13.9 Å². The Morgan fingerprint density at radius 1 is 0.909 bits per heavy atom. The lowest BCUT2D eigenvalue weighted by Crippen LogP contribution is -2.46. The van der Waals surface area contributed by atoms with Gasteiger partial charge >= 0.3 is 0 Å². The van der Waals surface area contributed by atoms with Crippen molar-refractivity contribution in [3.63, 3.8) is 0 Å². The molecular weight excluding hydrogens is 711 g/mol. The van der Waals surface area contributed by atoms with Crippen LogP contribution in [0.3, 0.4) is 0 Å². The van der Waals surface area contributed by atoms with E-state index in [-0.39, 0.29) is 43.8 Å². The van der Waals surface area contributed by atoms with Gasteiger partial charge in [0, 0.05) is 41.2 Å². The molecule has 10 nitrogen and oxygen atoms in total. The number of aliphatic hydroxyl groups is 1. The first-order valence-electron chi connectivity index (χ1n) is 18.7. The Hall–Kier alpha value is -5.33. The molecule has 5 aromatic rings. The normalized spacial score (nSPS) is 21.5. The van der Waals surface area contributed by atoms with Crippen LogP contribution in [0.15, 0.2) is 109 Å². The molecule has 3 amide bonds. The number of amides is 3. The Balaban J connectivity index is 1.13. The highest BCUT2D eigenvalue weighted by molar-refractivity contribution is 6.71. The molecule has 0 saturated carbocycles. The van der Waals surface area contributed by atoms with Crippen LogP contribution < -0.4 is 14.5 Å². The largest absolute Gasteiger partial charge is 0.497 e. The third-order valence-corrected chi connectivity index (χ3v) is 14.1. The molecule has 4 atom stereocenters. The Kier molecular flexibility index (Phi) is 9.37. The predicted molar refractivity (Wildman–Crippen MR) is 214 cm³/mol. The predicted octanol–water partition coefficient (Wildman–Crippen LogP) is 6.90. The number of hydrogen-bond donors (Lipinski definition) is 2. The average Bonchev–Trinajstić information content (AvgIpc) is 3.73. The van der Waals surface area contributed by atoms with E-state index in [2.05, 4.69) is 0 Å². The smallest absolute Gasteiger partial charge is 0.264 e. The van der Waals surface area contributed by atoms with Gasteiger partial charge in [-0.3, -0.25) is 19.3 Å². The maximum atomic E-state index is 15.2. The number of carbonyl (C=O) groups excluding carboxylic acids is 3. The number of nitrogens with zero attached hydrogens (tertiary/aromatic N) is 3. The van der Waals surface area contributed by atoms with Crippen LogP contribution in [-0.4, -0.2) is 67.2 Å². The van der Waals surface area contributed by atoms with Crippen molar-refractivity contribution in [3.8, 4) is 5.75 Å². The first-order valence-corrected chi connectivity index (χ1v) is 21.8. The Labute approximate surface area is 321 Å². The van der Waals surface area contributed by atoms with Gasteiger partial charge < -0.3 is 29.2 Å². The second kappa shape index (κ2) is 14.1. The molecule has 1 saturated heterocycles. The number of carbonyl (C=O) groups is 3. The van der Waals surface area contributed by atoms with E-state index in [1.54, 1.807) is 21.8 Å². The van der Waals surface area contributed by atoms with Crippen molar-refractivity contribution in [2.45, 2.75) is 56.8 Å². The van der Waals surface area contributed by atoms with E-state index in [0.717, 1.165) is 27.6 Å². The molecule has 3 aliphatic heterocycles. The van der Waals surface area contributed by atoms with Gasteiger partial charge in [-0.2, -0.15) is 0 Å². The van der Waals surface area contributed by atoms with Crippen molar-refractivity contribution < 1.29 is 33.8 Å². The molecule has 0 bridgehead atoms. The maximum Gasteiger partial charge on any atom is 0.264 e. The van der Waals surface area contributed by atoms with Gasteiger partial charge in [0.25, 0.3) is 11.8 Å². The summed E-state index contributed by atoms with van der Waals surface area (Å²) in [6.07, 6.45) is -0.822. The van der Waals surface area contributed by atoms with Crippen LogP contribution >= 0.6 is 0 Å². The maximum absolute atomic E-state index is 15.2. The van der Waals surface area contributed by atoms with Crippen LogP contribution in [-0.2, 0) is 33.0 Å². The van der Waals surface area contributed by atoms with E-state index < -0.39 is 31.5 Å². The first-order chi connectivity index (χ1) is 26.5. The van der Waals surface area contributed by atoms with Crippen molar-refractivity contribution in [3.05, 3.63) is 131 Å². The summed E-state index contributed by atoms with van der Waals surface area (Å²) in [6, 6.07) is 34.4. The van der Waals surface area contributed by atoms with Crippen LogP contribution in [0.25, 0.3) is 10.8 Å². The van der Waals surface area contributed by atoms with Crippen molar-refractivity contribution in [2.75, 3.05) is 30.1 Å². The molecule has 2 N–H and O–H groups in total. The molecule has 0 aliphatic carbocycles. The van der Waals surface area contributed by atoms with E-state index in [1.165, 1.54) is 0 Å². The molecule has 1 fully saturated rings. The van der Waals surface area contributed by atoms with E-state index in [9.17, 15) is 19.5 Å². The minimum atomic E-state index is -3.07. The number of ether oxygens (including phenoxy) is 2. The zero-order chi connectivity index (χ0) is 38.6. The van der Waals surface area contributed by atoms with Crippen LogP contribution in [0.5, 0.6) is 5.75 Å². The second-order valence-corrected chi connectivity index (χ2v) is 19.3. The highest BCUT2D eigenvalue weighted by Gasteiger charge is 2.66. The standard InChI is InChI=1S/C44H45N3O7Si/c1-28-41(55(3,4)52)38(25-39(49)45(21-22-48)26-29-11-6-5-7-12-29)54-44(28)35-24-33(53-2)19-20-36(35)46(43(44)51)27-30-13-8-16-32(23-30)47-37-18-10-15-31-14-9-17-34(40(31)37)42(47)50/h5-20,23-24,28,38,41,48,52H,21-22,25-27H2,1-4H3/t28-,38+,41-,44+/m1/s1. The number of fused-ring (bicyclic) bond motifs is 2. The summed E-state index contributed by atoms with van der Waals surface area (Å²) >= 11 is 0. The Morgan fingerprint density at radius 3 is 2.36 bits per heavy atom. The van der Waals surface area contributed by atoms with Crippen LogP contribution in [0, 0.1) is 5.92 Å². The highest BCUT2D eigenvalue weighted by atomic mass is 28.4. The summed E-state index contributed by atoms with van der Waals surface area (Å²) in [5, 5.41) is 11.8. The van der Waals surface area contributed by atoms with Gasteiger partial charge in [-0.25, -0.2) is 0 Å². The van der Waals surface area contributed by atoms with Crippen molar-refractivity contribution in [2.24, 2.45) is 5.92 Å². The molecule has 5 aromatic carbocycles. The summed E-state index contributed by atoms with van der Waals surface area (Å²) < 4.78 is 12.6. The monoisotopic (exact) mass is 755 g/mol. The summed E-state index contributed by atoms with van der Waals surface area (Å²) in [4.78, 5) is 59.8. The minimum Gasteiger partial charge on any atom is -0.497 e. The minimum absolute atomic E-state index is 0.0613. The summed E-state index contributed by atoms with van der Waals surface area (Å²) in [6.45, 7) is 6.05. The van der Waals surface area contributed by atoms with Crippen LogP contribution in [0.2, 0.25) is 18.6 Å². The van der Waals surface area contributed by atoms with E-state index >= 15 is 4.79 Å². The first kappa shape index (κ1) is 36.6. The quantitative estimate of drug-likeness (QED) is 0.141. The fraction of sp³-hybridized carbons (Fsp3) is 0.295. The zero-order valence-electron chi connectivity index (χ0n) is 31.4. The molecule has 11 heteroatoms. The molecule has 0 aromatic heterocycles. The third kappa shape index (κ3) is 6.11. The molecule has 0 radical (unpaired) electrons. The number of aliphatic hydroxyl groups excluding tert-OH is 1. The summed E-state index contributed by atoms with van der Waals surface area (Å²) in [5.74, 6) is -0.546. The SMILES string of the molecule is COc1ccc2c(c1)[C@]1(O[C@@H](CC(=O)N(CCO)Cc3ccccc3)[C@H]([Si](C)(C)O)[C@H]1C)C(=O)N2Cc1cccc(N2C(=O)c3cccc4cccc2c34)c1. The van der Waals surface area contributed by atoms with Gasteiger partial charge in [0.05, 0.1) is 49.7 Å². The molecule has 1 spiro atoms. The third-order valence-electron chi connectivity index (χ3n) is 11.6. The topological polar surface area (TPSA) is 120 Å². The molecule has 3 aliphatic rings. The number of anilines is 3. The molecule has 0 unspecified atom stereocenters. The van der Waals surface area contributed by atoms with E-state index in [4.69, 9.17) is 9.47 Å². The van der Waals surface area contributed by atoms with Gasteiger partial charge in [-0.05, 0) is 72.1 Å². The van der Waals surface area contributed by atoms with E-state index in [1.807, 2.05) is 129 Å². The lowest BCUT2D eigenvalue weighted by molar-refractivity contribution is -0.150. The lowest BCUT2D eigenvalue weighted by atomic mass is 9.82.